The number of methoxy groups -OCH3 is 1. The van der Waals surface area contributed by atoms with Gasteiger partial charge in [-0.25, -0.2) is 4.98 Å². The summed E-state index contributed by atoms with van der Waals surface area (Å²) in [7, 11) is 1.63. The van der Waals surface area contributed by atoms with Crippen molar-refractivity contribution in [3.63, 3.8) is 0 Å². The van der Waals surface area contributed by atoms with Gasteiger partial charge in [0.25, 0.3) is 0 Å². The van der Waals surface area contributed by atoms with E-state index in [9.17, 15) is 9.90 Å². The maximum Gasteiger partial charge on any atom is 0.183 e. The Hall–Kier alpha value is -2.08. The van der Waals surface area contributed by atoms with E-state index in [4.69, 9.17) is 4.74 Å². The Morgan fingerprint density at radius 1 is 1.47 bits per heavy atom. The lowest BCUT2D eigenvalue weighted by atomic mass is 10.2. The number of anilines is 1. The molecule has 0 aliphatic rings. The first-order valence-electron chi connectivity index (χ1n) is 5.69. The van der Waals surface area contributed by atoms with Gasteiger partial charge in [-0.15, -0.1) is 11.3 Å². The van der Waals surface area contributed by atoms with Crippen molar-refractivity contribution in [2.24, 2.45) is 0 Å². The number of carboxylic acid groups (broad SMARTS) is 1. The molecule has 19 heavy (non-hydrogen) atoms. The van der Waals surface area contributed by atoms with Crippen LogP contribution in [0.4, 0.5) is 5.13 Å². The summed E-state index contributed by atoms with van der Waals surface area (Å²) >= 11 is 1.37. The highest BCUT2D eigenvalue weighted by Gasteiger charge is 2.04. The normalized spacial score (nSPS) is 10.2. The van der Waals surface area contributed by atoms with Gasteiger partial charge in [0.05, 0.1) is 12.8 Å². The number of benzene rings is 1. The van der Waals surface area contributed by atoms with E-state index >= 15 is 0 Å². The maximum atomic E-state index is 10.5. The van der Waals surface area contributed by atoms with E-state index in [1.807, 2.05) is 24.3 Å². The van der Waals surface area contributed by atoms with Crippen LogP contribution in [-0.4, -0.2) is 18.1 Å². The first kappa shape index (κ1) is 13.4. The molecule has 2 aromatic rings. The smallest absolute Gasteiger partial charge is 0.183 e. The number of ether oxygens (including phenoxy) is 1. The summed E-state index contributed by atoms with van der Waals surface area (Å²) in [5.74, 6) is -0.317. The van der Waals surface area contributed by atoms with Crippen molar-refractivity contribution in [2.75, 3.05) is 12.4 Å². The molecule has 0 bridgehead atoms. The number of rotatable bonds is 6. The first-order chi connectivity index (χ1) is 9.19. The minimum atomic E-state index is -1.12. The third-order valence-corrected chi connectivity index (χ3v) is 3.35. The third kappa shape index (κ3) is 3.69. The maximum absolute atomic E-state index is 10.5. The number of carbonyl (C=O) groups is 1. The summed E-state index contributed by atoms with van der Waals surface area (Å²) in [6, 6.07) is 7.69. The minimum Gasteiger partial charge on any atom is -0.550 e. The topological polar surface area (TPSA) is 74.3 Å². The number of thiazole rings is 1. The number of carbonyl (C=O) groups excluding carboxylic acids is 1. The Morgan fingerprint density at radius 3 is 3.00 bits per heavy atom. The summed E-state index contributed by atoms with van der Waals surface area (Å²) < 4.78 is 5.25. The molecule has 1 N–H and O–H groups in total. The molecule has 0 aliphatic heterocycles. The lowest BCUT2D eigenvalue weighted by Gasteiger charge is -2.08. The third-order valence-electron chi connectivity index (χ3n) is 2.50. The van der Waals surface area contributed by atoms with Crippen LogP contribution in [0, 0.1) is 0 Å². The van der Waals surface area contributed by atoms with Crippen LogP contribution in [0.2, 0.25) is 0 Å². The molecule has 0 atom stereocenters. The van der Waals surface area contributed by atoms with Crippen LogP contribution in [0.1, 0.15) is 11.3 Å². The lowest BCUT2D eigenvalue weighted by Crippen LogP contribution is -2.24. The van der Waals surface area contributed by atoms with Gasteiger partial charge < -0.3 is 20.0 Å². The van der Waals surface area contributed by atoms with E-state index < -0.39 is 5.97 Å². The molecule has 0 unspecified atom stereocenters. The largest absolute Gasteiger partial charge is 0.550 e. The highest BCUT2D eigenvalue weighted by atomic mass is 32.1. The standard InChI is InChI=1S/C13H14N2O3S/c1-18-11-5-3-2-4-9(11)7-14-13-15-10(8-19-13)6-12(16)17/h2-5,8H,6-7H2,1H3,(H,14,15)(H,16,17)/p-1. The molecule has 0 aliphatic carbocycles. The average Bonchev–Trinajstić information content (AvgIpc) is 2.83. The van der Waals surface area contributed by atoms with Gasteiger partial charge in [0.2, 0.25) is 0 Å². The van der Waals surface area contributed by atoms with Crippen molar-refractivity contribution in [1.82, 2.24) is 4.98 Å². The van der Waals surface area contributed by atoms with E-state index in [0.717, 1.165) is 11.3 Å². The number of aromatic nitrogens is 1. The Bertz CT molecular complexity index is 569. The van der Waals surface area contributed by atoms with E-state index in [2.05, 4.69) is 10.3 Å². The number of nitrogens with zero attached hydrogens (tertiary/aromatic N) is 1. The second kappa shape index (κ2) is 6.19. The molecule has 100 valence electrons. The van der Waals surface area contributed by atoms with Gasteiger partial charge in [-0.1, -0.05) is 18.2 Å². The zero-order chi connectivity index (χ0) is 13.7. The molecule has 5 nitrogen and oxygen atoms in total. The van der Waals surface area contributed by atoms with Crippen LogP contribution in [0.15, 0.2) is 29.6 Å². The number of nitrogens with one attached hydrogen (secondary N) is 1. The number of para-hydroxylation sites is 1. The molecule has 0 saturated carbocycles. The minimum absolute atomic E-state index is 0.160. The van der Waals surface area contributed by atoms with E-state index in [-0.39, 0.29) is 6.42 Å². The van der Waals surface area contributed by atoms with Gasteiger partial charge in [0.15, 0.2) is 5.13 Å². The molecule has 1 aromatic heterocycles. The molecule has 0 fully saturated rings. The van der Waals surface area contributed by atoms with Gasteiger partial charge in [-0.3, -0.25) is 0 Å². The van der Waals surface area contributed by atoms with Crippen molar-refractivity contribution in [1.29, 1.82) is 0 Å². The second-order valence-electron chi connectivity index (χ2n) is 3.86. The van der Waals surface area contributed by atoms with E-state index in [1.54, 1.807) is 12.5 Å². The number of hydrogen-bond acceptors (Lipinski definition) is 6. The molecule has 0 amide bonds. The van der Waals surface area contributed by atoms with Crippen molar-refractivity contribution >= 4 is 22.4 Å². The zero-order valence-electron chi connectivity index (χ0n) is 10.4. The van der Waals surface area contributed by atoms with E-state index in [0.29, 0.717) is 17.4 Å². The van der Waals surface area contributed by atoms with Gasteiger partial charge >= 0.3 is 0 Å². The first-order valence-corrected chi connectivity index (χ1v) is 6.57. The van der Waals surface area contributed by atoms with Crippen molar-refractivity contribution < 1.29 is 14.6 Å². The van der Waals surface area contributed by atoms with Crippen LogP contribution in [-0.2, 0) is 17.8 Å². The van der Waals surface area contributed by atoms with Gasteiger partial charge in [0, 0.05) is 29.9 Å². The van der Waals surface area contributed by atoms with Crippen LogP contribution in [0.3, 0.4) is 0 Å². The number of carboxylic acids is 1. The molecule has 2 rings (SSSR count). The molecule has 0 saturated heterocycles. The summed E-state index contributed by atoms with van der Waals surface area (Å²) in [5.41, 5.74) is 1.52. The average molecular weight is 277 g/mol. The molecule has 1 aromatic carbocycles. The van der Waals surface area contributed by atoms with Crippen molar-refractivity contribution in [3.05, 3.63) is 40.9 Å². The summed E-state index contributed by atoms with van der Waals surface area (Å²) in [4.78, 5) is 14.6. The zero-order valence-corrected chi connectivity index (χ0v) is 11.2. The Kier molecular flexibility index (Phi) is 4.35. The molecular weight excluding hydrogens is 264 g/mol. The Balaban J connectivity index is 1.98. The Labute approximate surface area is 114 Å². The predicted molar refractivity (Wildman–Crippen MR) is 71.1 cm³/mol. The Morgan fingerprint density at radius 2 is 2.26 bits per heavy atom. The van der Waals surface area contributed by atoms with Gasteiger partial charge in [0.1, 0.15) is 5.75 Å². The molecule has 0 radical (unpaired) electrons. The van der Waals surface area contributed by atoms with Crippen LogP contribution < -0.4 is 15.2 Å². The number of hydrogen-bond donors (Lipinski definition) is 1. The number of aliphatic carboxylic acids is 1. The van der Waals surface area contributed by atoms with Gasteiger partial charge in [-0.2, -0.15) is 0 Å². The van der Waals surface area contributed by atoms with Crippen molar-refractivity contribution in [3.8, 4) is 5.75 Å². The lowest BCUT2D eigenvalue weighted by molar-refractivity contribution is -0.304. The molecular formula is C13H13N2O3S-. The monoisotopic (exact) mass is 277 g/mol. The highest BCUT2D eigenvalue weighted by Crippen LogP contribution is 2.21. The fourth-order valence-electron chi connectivity index (χ4n) is 1.64. The molecule has 0 spiro atoms. The summed E-state index contributed by atoms with van der Waals surface area (Å²) in [6.45, 7) is 0.572. The predicted octanol–water partition coefficient (Wildman–Crippen LogP) is 1.06. The second-order valence-corrected chi connectivity index (χ2v) is 4.72. The molecule has 1 heterocycles. The fourth-order valence-corrected chi connectivity index (χ4v) is 2.35. The summed E-state index contributed by atoms with van der Waals surface area (Å²) in [6.07, 6.45) is -0.160. The van der Waals surface area contributed by atoms with Crippen molar-refractivity contribution in [2.45, 2.75) is 13.0 Å². The quantitative estimate of drug-likeness (QED) is 0.854. The SMILES string of the molecule is COc1ccccc1CNc1nc(CC(=O)[O-])cs1. The molecule has 6 heteroatoms. The fraction of sp³-hybridized carbons (Fsp3) is 0.231. The summed E-state index contributed by atoms with van der Waals surface area (Å²) in [5, 5.41) is 16.0. The highest BCUT2D eigenvalue weighted by molar-refractivity contribution is 7.13. The van der Waals surface area contributed by atoms with Crippen LogP contribution in [0.25, 0.3) is 0 Å². The van der Waals surface area contributed by atoms with Crippen LogP contribution >= 0.6 is 11.3 Å². The van der Waals surface area contributed by atoms with E-state index in [1.165, 1.54) is 11.3 Å². The van der Waals surface area contributed by atoms with Crippen LogP contribution in [0.5, 0.6) is 5.75 Å². The van der Waals surface area contributed by atoms with Gasteiger partial charge in [-0.05, 0) is 6.07 Å².